The molecule has 0 unspecified atom stereocenters. The minimum Gasteiger partial charge on any atom is -0.390 e. The number of aryl methyl sites for hydroxylation is 1. The maximum absolute atomic E-state index is 9.40. The molecule has 19 heavy (non-hydrogen) atoms. The van der Waals surface area contributed by atoms with Crippen LogP contribution in [0, 0.1) is 6.92 Å². The van der Waals surface area contributed by atoms with Crippen LogP contribution < -0.4 is 0 Å². The van der Waals surface area contributed by atoms with E-state index in [1.165, 1.54) is 6.42 Å². The van der Waals surface area contributed by atoms with Gasteiger partial charge >= 0.3 is 0 Å². The largest absolute Gasteiger partial charge is 0.390 e. The fourth-order valence-corrected chi connectivity index (χ4v) is 2.60. The average Bonchev–Trinajstić information content (AvgIpc) is 2.74. The minimum absolute atomic E-state index is 0.0641. The molecular formula is C14H16ClN3O. The van der Waals surface area contributed by atoms with Crippen LogP contribution in [0.3, 0.4) is 0 Å². The van der Waals surface area contributed by atoms with Gasteiger partial charge in [-0.3, -0.25) is 0 Å². The zero-order valence-corrected chi connectivity index (χ0v) is 11.6. The Morgan fingerprint density at radius 3 is 2.79 bits per heavy atom. The van der Waals surface area contributed by atoms with Gasteiger partial charge in [-0.25, -0.2) is 4.68 Å². The summed E-state index contributed by atoms with van der Waals surface area (Å²) in [4.78, 5) is 0. The third-order valence-corrected chi connectivity index (χ3v) is 4.23. The number of rotatable bonds is 3. The minimum atomic E-state index is -0.0641. The topological polar surface area (TPSA) is 50.9 Å². The zero-order chi connectivity index (χ0) is 13.4. The number of aliphatic hydroxyl groups excluding tert-OH is 1. The monoisotopic (exact) mass is 277 g/mol. The Balaban J connectivity index is 2.08. The molecule has 0 aliphatic heterocycles. The van der Waals surface area contributed by atoms with Crippen LogP contribution in [0.15, 0.2) is 18.2 Å². The van der Waals surface area contributed by atoms with E-state index >= 15 is 0 Å². The van der Waals surface area contributed by atoms with Crippen molar-refractivity contribution in [1.82, 2.24) is 15.0 Å². The Kier molecular flexibility index (Phi) is 3.29. The Bertz CT molecular complexity index is 605. The van der Waals surface area contributed by atoms with Gasteiger partial charge in [-0.15, -0.1) is 5.10 Å². The molecule has 1 aliphatic rings. The van der Waals surface area contributed by atoms with E-state index in [1.807, 2.05) is 29.8 Å². The molecule has 1 saturated carbocycles. The standard InChI is InChI=1S/C14H16ClN3O/c1-9-5-6-11(7-12(9)15)18-14(10-3-2-4-10)13(8-19)16-17-18/h5-7,10,19H,2-4,8H2,1H3. The van der Waals surface area contributed by atoms with Crippen molar-refractivity contribution in [1.29, 1.82) is 0 Å². The van der Waals surface area contributed by atoms with Crippen molar-refractivity contribution in [3.05, 3.63) is 40.2 Å². The SMILES string of the molecule is Cc1ccc(-n2nnc(CO)c2C2CCC2)cc1Cl. The number of aliphatic hydroxyl groups is 1. The second kappa shape index (κ2) is 4.94. The van der Waals surface area contributed by atoms with Crippen LogP contribution in [0.25, 0.3) is 5.69 Å². The Morgan fingerprint density at radius 2 is 2.21 bits per heavy atom. The fraction of sp³-hybridized carbons (Fsp3) is 0.429. The predicted molar refractivity (Wildman–Crippen MR) is 73.6 cm³/mol. The van der Waals surface area contributed by atoms with Gasteiger partial charge in [0, 0.05) is 10.9 Å². The van der Waals surface area contributed by atoms with E-state index in [1.54, 1.807) is 0 Å². The Hall–Kier alpha value is -1.39. The van der Waals surface area contributed by atoms with Crippen molar-refractivity contribution in [2.75, 3.05) is 0 Å². The highest BCUT2D eigenvalue weighted by Crippen LogP contribution is 2.38. The second-order valence-electron chi connectivity index (χ2n) is 5.05. The highest BCUT2D eigenvalue weighted by atomic mass is 35.5. The van der Waals surface area contributed by atoms with Gasteiger partial charge in [0.1, 0.15) is 5.69 Å². The van der Waals surface area contributed by atoms with Crippen LogP contribution >= 0.6 is 11.6 Å². The summed E-state index contributed by atoms with van der Waals surface area (Å²) in [6, 6.07) is 5.86. The van der Waals surface area contributed by atoms with Crippen molar-refractivity contribution in [2.45, 2.75) is 38.7 Å². The molecule has 100 valence electrons. The molecule has 2 aromatic rings. The molecular weight excluding hydrogens is 262 g/mol. The lowest BCUT2D eigenvalue weighted by Gasteiger charge is -2.26. The zero-order valence-electron chi connectivity index (χ0n) is 10.8. The van der Waals surface area contributed by atoms with Crippen molar-refractivity contribution < 1.29 is 5.11 Å². The van der Waals surface area contributed by atoms with Gasteiger partial charge in [0.2, 0.25) is 0 Å². The average molecular weight is 278 g/mol. The van der Waals surface area contributed by atoms with Gasteiger partial charge in [0.25, 0.3) is 0 Å². The summed E-state index contributed by atoms with van der Waals surface area (Å²) in [5, 5.41) is 18.4. The van der Waals surface area contributed by atoms with E-state index in [2.05, 4.69) is 10.3 Å². The molecule has 1 fully saturated rings. The highest BCUT2D eigenvalue weighted by molar-refractivity contribution is 6.31. The third-order valence-electron chi connectivity index (χ3n) is 3.82. The number of aromatic nitrogens is 3. The number of benzene rings is 1. The first kappa shape index (κ1) is 12.6. The summed E-state index contributed by atoms with van der Waals surface area (Å²) >= 11 is 6.17. The van der Waals surface area contributed by atoms with Crippen LogP contribution in [0.4, 0.5) is 0 Å². The predicted octanol–water partition coefficient (Wildman–Crippen LogP) is 2.99. The van der Waals surface area contributed by atoms with Crippen LogP contribution in [0.5, 0.6) is 0 Å². The molecule has 0 bridgehead atoms. The summed E-state index contributed by atoms with van der Waals surface area (Å²) in [7, 11) is 0. The van der Waals surface area contributed by atoms with Crippen LogP contribution in [-0.4, -0.2) is 20.1 Å². The molecule has 0 radical (unpaired) electrons. The van der Waals surface area contributed by atoms with Crippen LogP contribution in [0.2, 0.25) is 5.02 Å². The van der Waals surface area contributed by atoms with Crippen molar-refractivity contribution in [3.63, 3.8) is 0 Å². The number of nitrogens with zero attached hydrogens (tertiary/aromatic N) is 3. The van der Waals surface area contributed by atoms with Gasteiger partial charge in [-0.1, -0.05) is 29.3 Å². The summed E-state index contributed by atoms with van der Waals surface area (Å²) < 4.78 is 1.82. The molecule has 1 aromatic carbocycles. The van der Waals surface area contributed by atoms with Crippen LogP contribution in [0.1, 0.15) is 42.1 Å². The first-order valence-corrected chi connectivity index (χ1v) is 6.90. The van der Waals surface area contributed by atoms with Gasteiger partial charge in [0.05, 0.1) is 18.0 Å². The summed E-state index contributed by atoms with van der Waals surface area (Å²) in [5.41, 5.74) is 3.66. The van der Waals surface area contributed by atoms with Crippen molar-refractivity contribution in [3.8, 4) is 5.69 Å². The van der Waals surface area contributed by atoms with Gasteiger partial charge in [-0.05, 0) is 37.5 Å². The second-order valence-corrected chi connectivity index (χ2v) is 5.46. The maximum atomic E-state index is 9.40. The number of halogens is 1. The first-order chi connectivity index (χ1) is 9.20. The smallest absolute Gasteiger partial charge is 0.112 e. The van der Waals surface area contributed by atoms with Crippen molar-refractivity contribution >= 4 is 11.6 Å². The number of hydrogen-bond acceptors (Lipinski definition) is 3. The van der Waals surface area contributed by atoms with E-state index in [4.69, 9.17) is 11.6 Å². The molecule has 4 nitrogen and oxygen atoms in total. The molecule has 0 spiro atoms. The fourth-order valence-electron chi connectivity index (χ4n) is 2.43. The summed E-state index contributed by atoms with van der Waals surface area (Å²) in [5.74, 6) is 0.456. The molecule has 0 amide bonds. The maximum Gasteiger partial charge on any atom is 0.112 e. The quantitative estimate of drug-likeness (QED) is 0.938. The van der Waals surface area contributed by atoms with E-state index in [0.29, 0.717) is 11.6 Å². The molecule has 1 aliphatic carbocycles. The van der Waals surface area contributed by atoms with E-state index in [9.17, 15) is 5.11 Å². The highest BCUT2D eigenvalue weighted by Gasteiger charge is 2.27. The van der Waals surface area contributed by atoms with Crippen molar-refractivity contribution in [2.24, 2.45) is 0 Å². The Morgan fingerprint density at radius 1 is 1.42 bits per heavy atom. The lowest BCUT2D eigenvalue weighted by molar-refractivity contribution is 0.272. The molecule has 1 heterocycles. The van der Waals surface area contributed by atoms with E-state index in [-0.39, 0.29) is 6.61 Å². The first-order valence-electron chi connectivity index (χ1n) is 6.52. The Labute approximate surface area is 117 Å². The molecule has 5 heteroatoms. The van der Waals surface area contributed by atoms with E-state index in [0.717, 1.165) is 34.8 Å². The summed E-state index contributed by atoms with van der Waals surface area (Å²) in [6.07, 6.45) is 3.51. The molecule has 3 rings (SSSR count). The normalized spacial score (nSPS) is 15.5. The molecule has 1 aromatic heterocycles. The van der Waals surface area contributed by atoms with Crippen LogP contribution in [-0.2, 0) is 6.61 Å². The van der Waals surface area contributed by atoms with Gasteiger partial charge in [-0.2, -0.15) is 0 Å². The molecule has 1 N–H and O–H groups in total. The molecule has 0 atom stereocenters. The lowest BCUT2D eigenvalue weighted by atomic mass is 9.82. The van der Waals surface area contributed by atoms with Gasteiger partial charge < -0.3 is 5.11 Å². The third kappa shape index (κ3) is 2.15. The lowest BCUT2D eigenvalue weighted by Crippen LogP contribution is -2.16. The van der Waals surface area contributed by atoms with Gasteiger partial charge in [0.15, 0.2) is 0 Å². The van der Waals surface area contributed by atoms with E-state index < -0.39 is 0 Å². The molecule has 0 saturated heterocycles. The summed E-state index contributed by atoms with van der Waals surface area (Å²) in [6.45, 7) is 1.91. The number of hydrogen-bond donors (Lipinski definition) is 1.